The lowest BCUT2D eigenvalue weighted by Crippen LogP contribution is -2.49. The summed E-state index contributed by atoms with van der Waals surface area (Å²) in [5.74, 6) is -3.02. The summed E-state index contributed by atoms with van der Waals surface area (Å²) in [5, 5.41) is 35.8. The van der Waals surface area contributed by atoms with E-state index in [9.17, 15) is 44.1 Å². The maximum absolute atomic E-state index is 13.1. The van der Waals surface area contributed by atoms with Gasteiger partial charge < -0.3 is 54.6 Å². The second-order valence-corrected chi connectivity index (χ2v) is 12.6. The number of imide groups is 1. The van der Waals surface area contributed by atoms with Crippen molar-refractivity contribution in [2.24, 2.45) is 0 Å². The quantitative estimate of drug-likeness (QED) is 0.0733. The predicted octanol–water partition coefficient (Wildman–Crippen LogP) is -1.23. The van der Waals surface area contributed by atoms with E-state index in [-0.39, 0.29) is 127 Å². The number of carbonyl (C=O) groups is 6. The second kappa shape index (κ2) is 21.2. The van der Waals surface area contributed by atoms with Crippen LogP contribution in [0.15, 0.2) is 0 Å². The van der Waals surface area contributed by atoms with E-state index < -0.39 is 48.7 Å². The van der Waals surface area contributed by atoms with Crippen LogP contribution in [0.4, 0.5) is 0 Å². The largest absolute Gasteiger partial charge is 0.390 e. The molecule has 3 aliphatic rings. The van der Waals surface area contributed by atoms with Gasteiger partial charge in [0.2, 0.25) is 17.7 Å². The molecule has 0 saturated carbocycles. The molecule has 3 heterocycles. The summed E-state index contributed by atoms with van der Waals surface area (Å²) >= 11 is 0. The van der Waals surface area contributed by atoms with Gasteiger partial charge in [-0.1, -0.05) is 0 Å². The molecule has 50 heavy (non-hydrogen) atoms. The van der Waals surface area contributed by atoms with Crippen LogP contribution in [0, 0.1) is 0 Å². The number of nitrogens with one attached hydrogen (secondary N) is 2. The number of hydroxylamine groups is 2. The molecule has 0 aromatic rings. The number of amides is 5. The number of aliphatic hydroxyl groups is 3. The molecule has 284 valence electrons. The Balaban J connectivity index is 1.40. The van der Waals surface area contributed by atoms with Crippen LogP contribution in [0.1, 0.15) is 84.5 Å². The molecule has 7 atom stereocenters. The highest BCUT2D eigenvalue weighted by Gasteiger charge is 2.36. The lowest BCUT2D eigenvalue weighted by atomic mass is 10.0. The van der Waals surface area contributed by atoms with Crippen LogP contribution in [0.3, 0.4) is 0 Å². The van der Waals surface area contributed by atoms with Gasteiger partial charge in [-0.3, -0.25) is 24.0 Å². The maximum atomic E-state index is 13.1. The summed E-state index contributed by atoms with van der Waals surface area (Å²) in [6.45, 7) is 4.01. The molecule has 3 fully saturated rings. The third-order valence-electron chi connectivity index (χ3n) is 8.37. The molecule has 0 spiro atoms. The topological polar surface area (TPSA) is 240 Å². The number of unbranched alkanes of at least 4 members (excludes halogenated alkanes) is 1. The van der Waals surface area contributed by atoms with Crippen LogP contribution in [-0.2, 0) is 52.6 Å². The normalized spacial score (nSPS) is 26.8. The van der Waals surface area contributed by atoms with Crippen molar-refractivity contribution >= 4 is 35.5 Å². The Hall–Kier alpha value is -3.26. The third-order valence-corrected chi connectivity index (χ3v) is 8.37. The number of carbonyl (C=O) groups excluding carboxylic acids is 6. The minimum absolute atomic E-state index is 0.00634. The van der Waals surface area contributed by atoms with Crippen molar-refractivity contribution < 1.29 is 67.9 Å². The van der Waals surface area contributed by atoms with E-state index >= 15 is 0 Å². The SMILES string of the molecule is C[C@H]1C[C@@H](O)[C@H](O)[C@H](OCCNC(=O)CCN(CCC(=O)NCCO[C@@H]2O[C@@H](C)CC[C@@H]2O)C(=O)CCCCC(=O)ON2C(=O)CCC2=O)O1. The Morgan fingerprint density at radius 3 is 1.96 bits per heavy atom. The van der Waals surface area contributed by atoms with E-state index in [2.05, 4.69) is 10.6 Å². The summed E-state index contributed by atoms with van der Waals surface area (Å²) in [4.78, 5) is 79.8. The van der Waals surface area contributed by atoms with Gasteiger partial charge in [0.25, 0.3) is 11.8 Å². The van der Waals surface area contributed by atoms with Gasteiger partial charge in [-0.2, -0.15) is 0 Å². The highest BCUT2D eigenvalue weighted by molar-refractivity contribution is 6.01. The van der Waals surface area contributed by atoms with Crippen molar-refractivity contribution in [3.8, 4) is 0 Å². The Morgan fingerprint density at radius 1 is 0.780 bits per heavy atom. The van der Waals surface area contributed by atoms with Gasteiger partial charge in [0.05, 0.1) is 31.5 Å². The lowest BCUT2D eigenvalue weighted by molar-refractivity contribution is -0.262. The van der Waals surface area contributed by atoms with Gasteiger partial charge in [0.1, 0.15) is 12.2 Å². The molecule has 5 amide bonds. The van der Waals surface area contributed by atoms with E-state index in [1.54, 1.807) is 6.92 Å². The third kappa shape index (κ3) is 14.2. The van der Waals surface area contributed by atoms with E-state index in [0.717, 1.165) is 6.42 Å². The van der Waals surface area contributed by atoms with Crippen LogP contribution >= 0.6 is 0 Å². The van der Waals surface area contributed by atoms with Crippen LogP contribution in [0.2, 0.25) is 0 Å². The Morgan fingerprint density at radius 2 is 1.34 bits per heavy atom. The van der Waals surface area contributed by atoms with E-state index in [1.165, 1.54) is 4.90 Å². The fourth-order valence-corrected chi connectivity index (χ4v) is 5.49. The number of hydrogen-bond acceptors (Lipinski definition) is 14. The highest BCUT2D eigenvalue weighted by atomic mass is 16.7. The zero-order valence-corrected chi connectivity index (χ0v) is 28.8. The standard InChI is InChI=1S/C32H52N4O14/c1-20-7-8-22(37)31(48-20)46-17-13-33-24(39)11-15-35(26(41)5-3-4-6-29(44)50-36-27(42)9-10-28(36)43)16-12-25(40)34-14-18-47-32-30(45)23(38)19-21(2)49-32/h20-23,30-32,37-38,45H,3-19H2,1-2H3,(H,33,39)(H,34,40)/t20-,21-,22-,23+,30-,31+,32+/m0/s1. The molecular weight excluding hydrogens is 664 g/mol. The minimum atomic E-state index is -1.21. The average Bonchev–Trinajstić information content (AvgIpc) is 3.38. The molecule has 0 bridgehead atoms. The Labute approximate surface area is 291 Å². The van der Waals surface area contributed by atoms with Crippen molar-refractivity contribution in [1.82, 2.24) is 20.6 Å². The average molecular weight is 717 g/mol. The van der Waals surface area contributed by atoms with E-state index in [1.807, 2.05) is 6.92 Å². The number of aliphatic hydroxyl groups excluding tert-OH is 3. The molecule has 0 radical (unpaired) electrons. The van der Waals surface area contributed by atoms with Gasteiger partial charge in [-0.05, 0) is 39.5 Å². The van der Waals surface area contributed by atoms with Crippen molar-refractivity contribution in [3.05, 3.63) is 0 Å². The van der Waals surface area contributed by atoms with Gasteiger partial charge in [-0.25, -0.2) is 4.79 Å². The first-order chi connectivity index (χ1) is 23.8. The molecule has 3 aliphatic heterocycles. The number of hydrogen-bond donors (Lipinski definition) is 5. The minimum Gasteiger partial charge on any atom is -0.390 e. The van der Waals surface area contributed by atoms with Gasteiger partial charge in [0.15, 0.2) is 12.6 Å². The number of ether oxygens (including phenoxy) is 4. The van der Waals surface area contributed by atoms with Crippen LogP contribution < -0.4 is 10.6 Å². The first-order valence-corrected chi connectivity index (χ1v) is 17.3. The van der Waals surface area contributed by atoms with Crippen molar-refractivity contribution in [2.75, 3.05) is 39.4 Å². The van der Waals surface area contributed by atoms with Crippen molar-refractivity contribution in [1.29, 1.82) is 0 Å². The molecular formula is C32H52N4O14. The Kier molecular flexibility index (Phi) is 17.4. The zero-order valence-electron chi connectivity index (χ0n) is 28.8. The predicted molar refractivity (Wildman–Crippen MR) is 170 cm³/mol. The van der Waals surface area contributed by atoms with Crippen LogP contribution in [0.25, 0.3) is 0 Å². The summed E-state index contributed by atoms with van der Waals surface area (Å²) in [6, 6.07) is 0. The number of rotatable bonds is 20. The highest BCUT2D eigenvalue weighted by Crippen LogP contribution is 2.21. The Bertz CT molecular complexity index is 1140. The van der Waals surface area contributed by atoms with Crippen LogP contribution in [0.5, 0.6) is 0 Å². The lowest BCUT2D eigenvalue weighted by Gasteiger charge is -2.35. The van der Waals surface area contributed by atoms with E-state index in [4.69, 9.17) is 23.8 Å². The van der Waals surface area contributed by atoms with Gasteiger partial charge in [0, 0.05) is 71.1 Å². The molecule has 0 aromatic carbocycles. The summed E-state index contributed by atoms with van der Waals surface area (Å²) in [7, 11) is 0. The molecule has 18 heteroatoms. The first-order valence-electron chi connectivity index (χ1n) is 17.3. The monoisotopic (exact) mass is 716 g/mol. The molecule has 0 unspecified atom stereocenters. The fourth-order valence-electron chi connectivity index (χ4n) is 5.49. The maximum Gasteiger partial charge on any atom is 0.333 e. The van der Waals surface area contributed by atoms with E-state index in [0.29, 0.717) is 11.5 Å². The van der Waals surface area contributed by atoms with Crippen molar-refractivity contribution in [2.45, 2.75) is 128 Å². The summed E-state index contributed by atoms with van der Waals surface area (Å²) < 4.78 is 22.1. The van der Waals surface area contributed by atoms with Gasteiger partial charge in [-0.15, -0.1) is 5.06 Å². The first kappa shape index (κ1) is 41.2. The van der Waals surface area contributed by atoms with Gasteiger partial charge >= 0.3 is 5.97 Å². The molecule has 3 saturated heterocycles. The fraction of sp³-hybridized carbons (Fsp3) is 0.812. The zero-order chi connectivity index (χ0) is 36.6. The molecule has 5 N–H and O–H groups in total. The summed E-state index contributed by atoms with van der Waals surface area (Å²) in [6.07, 6.45) is -3.28. The number of nitrogens with zero attached hydrogens (tertiary/aromatic N) is 2. The molecule has 18 nitrogen and oxygen atoms in total. The summed E-state index contributed by atoms with van der Waals surface area (Å²) in [5.41, 5.74) is 0. The molecule has 0 aromatic heterocycles. The van der Waals surface area contributed by atoms with Crippen LogP contribution in [-0.4, -0.2) is 143 Å². The molecule has 3 rings (SSSR count). The van der Waals surface area contributed by atoms with Crippen molar-refractivity contribution in [3.63, 3.8) is 0 Å². The second-order valence-electron chi connectivity index (χ2n) is 12.6. The molecule has 0 aliphatic carbocycles. The smallest absolute Gasteiger partial charge is 0.333 e.